The van der Waals surface area contributed by atoms with Gasteiger partial charge >= 0.3 is 0 Å². The minimum absolute atomic E-state index is 0.891. The Bertz CT molecular complexity index is 1730. The standard InChI is InChI=1S/C30H20NOP/c32-33(22-13-5-2-6-14-22)29-18-10-8-16-24(29)26-19-28-25(20-30(26)33)23-15-7-9-17-27(23)31(28)21-11-3-1-4-12-21/h1-20H. The summed E-state index contributed by atoms with van der Waals surface area (Å²) in [6.07, 6.45) is 0. The van der Waals surface area contributed by atoms with Gasteiger partial charge < -0.3 is 9.13 Å². The molecule has 3 heteroatoms. The lowest BCUT2D eigenvalue weighted by atomic mass is 10.0. The fourth-order valence-corrected chi connectivity index (χ4v) is 8.43. The van der Waals surface area contributed by atoms with Crippen molar-refractivity contribution >= 4 is 44.9 Å². The Kier molecular flexibility index (Phi) is 3.86. The first-order valence-electron chi connectivity index (χ1n) is 11.2. The van der Waals surface area contributed by atoms with E-state index in [2.05, 4.69) is 71.3 Å². The van der Waals surface area contributed by atoms with E-state index in [1.807, 2.05) is 54.6 Å². The van der Waals surface area contributed by atoms with Gasteiger partial charge in [-0.1, -0.05) is 91.0 Å². The molecular formula is C30H20NOP. The zero-order valence-corrected chi connectivity index (χ0v) is 18.7. The van der Waals surface area contributed by atoms with E-state index in [-0.39, 0.29) is 0 Å². The maximum atomic E-state index is 14.9. The van der Waals surface area contributed by atoms with Gasteiger partial charge in [0.25, 0.3) is 0 Å². The number of hydrogen-bond donors (Lipinski definition) is 0. The van der Waals surface area contributed by atoms with E-state index >= 15 is 0 Å². The van der Waals surface area contributed by atoms with Gasteiger partial charge in [0.15, 0.2) is 7.14 Å². The molecule has 0 radical (unpaired) electrons. The monoisotopic (exact) mass is 441 g/mol. The van der Waals surface area contributed by atoms with E-state index in [4.69, 9.17) is 0 Å². The molecule has 2 nitrogen and oxygen atoms in total. The van der Waals surface area contributed by atoms with E-state index in [0.717, 1.165) is 49.1 Å². The van der Waals surface area contributed by atoms with Crippen molar-refractivity contribution < 1.29 is 4.57 Å². The number of fused-ring (bicyclic) bond motifs is 6. The van der Waals surface area contributed by atoms with Gasteiger partial charge in [0.1, 0.15) is 0 Å². The fraction of sp³-hybridized carbons (Fsp3) is 0. The molecule has 1 unspecified atom stereocenters. The van der Waals surface area contributed by atoms with Crippen LogP contribution in [0.2, 0.25) is 0 Å². The highest BCUT2D eigenvalue weighted by Gasteiger charge is 2.40. The Morgan fingerprint density at radius 3 is 2.00 bits per heavy atom. The normalized spacial score (nSPS) is 16.7. The zero-order valence-electron chi connectivity index (χ0n) is 17.8. The van der Waals surface area contributed by atoms with Crippen molar-refractivity contribution in [2.75, 3.05) is 0 Å². The van der Waals surface area contributed by atoms with Crippen LogP contribution in [0.5, 0.6) is 0 Å². The summed E-state index contributed by atoms with van der Waals surface area (Å²) in [5.74, 6) is 0. The van der Waals surface area contributed by atoms with Crippen LogP contribution in [-0.4, -0.2) is 4.57 Å². The summed E-state index contributed by atoms with van der Waals surface area (Å²) < 4.78 is 17.2. The third kappa shape index (κ3) is 2.47. The highest BCUT2D eigenvalue weighted by molar-refractivity contribution is 7.86. The molecule has 0 saturated carbocycles. The Morgan fingerprint density at radius 2 is 1.18 bits per heavy atom. The molecule has 2 heterocycles. The lowest BCUT2D eigenvalue weighted by molar-refractivity contribution is 0.593. The molecule has 0 saturated heterocycles. The molecule has 1 aromatic heterocycles. The summed E-state index contributed by atoms with van der Waals surface area (Å²) in [4.78, 5) is 0. The van der Waals surface area contributed by atoms with Gasteiger partial charge in [0.2, 0.25) is 0 Å². The number of aromatic nitrogens is 1. The third-order valence-corrected chi connectivity index (χ3v) is 9.94. The summed E-state index contributed by atoms with van der Waals surface area (Å²) in [6, 6.07) is 41.5. The Balaban J connectivity index is 1.65. The third-order valence-electron chi connectivity index (χ3n) is 6.80. The molecular weight excluding hydrogens is 421 g/mol. The molecule has 0 fully saturated rings. The summed E-state index contributed by atoms with van der Waals surface area (Å²) in [6.45, 7) is 0. The smallest absolute Gasteiger partial charge is 0.172 e. The second kappa shape index (κ2) is 6.81. The lowest BCUT2D eigenvalue weighted by Crippen LogP contribution is -2.20. The maximum absolute atomic E-state index is 14.9. The second-order valence-electron chi connectivity index (χ2n) is 8.54. The van der Waals surface area contributed by atoms with Crippen molar-refractivity contribution in [3.8, 4) is 16.8 Å². The van der Waals surface area contributed by atoms with Gasteiger partial charge in [-0.25, -0.2) is 0 Å². The first-order valence-corrected chi connectivity index (χ1v) is 12.9. The van der Waals surface area contributed by atoms with Crippen LogP contribution in [0, 0.1) is 0 Å². The van der Waals surface area contributed by atoms with Crippen LogP contribution >= 0.6 is 7.14 Å². The van der Waals surface area contributed by atoms with Crippen molar-refractivity contribution in [2.24, 2.45) is 0 Å². The molecule has 6 aromatic rings. The van der Waals surface area contributed by atoms with E-state index in [1.165, 1.54) is 5.39 Å². The lowest BCUT2D eigenvalue weighted by Gasteiger charge is -2.16. The Hall–Kier alpha value is -3.87. The Morgan fingerprint density at radius 1 is 0.515 bits per heavy atom. The number of benzene rings is 5. The Labute approximate surface area is 192 Å². The molecule has 0 bridgehead atoms. The fourth-order valence-electron chi connectivity index (χ4n) is 5.36. The van der Waals surface area contributed by atoms with Crippen LogP contribution in [0.1, 0.15) is 0 Å². The molecule has 0 amide bonds. The first-order chi connectivity index (χ1) is 16.3. The van der Waals surface area contributed by atoms with Crippen molar-refractivity contribution in [2.45, 2.75) is 0 Å². The highest BCUT2D eigenvalue weighted by atomic mass is 31.2. The predicted octanol–water partition coefficient (Wildman–Crippen LogP) is 6.40. The van der Waals surface area contributed by atoms with Crippen molar-refractivity contribution in [1.82, 2.24) is 4.57 Å². The average Bonchev–Trinajstić information content (AvgIpc) is 3.34. The molecule has 156 valence electrons. The maximum Gasteiger partial charge on any atom is 0.172 e. The molecule has 0 N–H and O–H groups in total. The van der Waals surface area contributed by atoms with Gasteiger partial charge in [-0.3, -0.25) is 0 Å². The van der Waals surface area contributed by atoms with Crippen LogP contribution in [0.4, 0.5) is 0 Å². The van der Waals surface area contributed by atoms with Gasteiger partial charge in [0, 0.05) is 32.4 Å². The van der Waals surface area contributed by atoms with Crippen molar-refractivity contribution in [3.63, 3.8) is 0 Å². The molecule has 1 aliphatic heterocycles. The average molecular weight is 441 g/mol. The summed E-state index contributed by atoms with van der Waals surface area (Å²) in [7, 11) is -2.96. The summed E-state index contributed by atoms with van der Waals surface area (Å²) in [5.41, 5.74) is 5.57. The molecule has 33 heavy (non-hydrogen) atoms. The summed E-state index contributed by atoms with van der Waals surface area (Å²) >= 11 is 0. The van der Waals surface area contributed by atoms with Crippen LogP contribution in [0.3, 0.4) is 0 Å². The van der Waals surface area contributed by atoms with E-state index in [9.17, 15) is 4.57 Å². The molecule has 7 rings (SSSR count). The van der Waals surface area contributed by atoms with Crippen LogP contribution < -0.4 is 15.9 Å². The second-order valence-corrected chi connectivity index (χ2v) is 11.2. The van der Waals surface area contributed by atoms with Crippen molar-refractivity contribution in [3.05, 3.63) is 121 Å². The van der Waals surface area contributed by atoms with Gasteiger partial charge in [-0.2, -0.15) is 0 Å². The zero-order chi connectivity index (χ0) is 22.0. The summed E-state index contributed by atoms with van der Waals surface area (Å²) in [5, 5.41) is 5.09. The predicted molar refractivity (Wildman–Crippen MR) is 139 cm³/mol. The number of rotatable bonds is 2. The molecule has 0 aliphatic carbocycles. The minimum atomic E-state index is -2.96. The van der Waals surface area contributed by atoms with Crippen LogP contribution in [0.15, 0.2) is 121 Å². The van der Waals surface area contributed by atoms with Crippen LogP contribution in [0.25, 0.3) is 38.6 Å². The number of para-hydroxylation sites is 2. The molecule has 1 aliphatic rings. The van der Waals surface area contributed by atoms with Crippen LogP contribution in [-0.2, 0) is 4.57 Å². The molecule has 5 aromatic carbocycles. The van der Waals surface area contributed by atoms with E-state index in [0.29, 0.717) is 0 Å². The van der Waals surface area contributed by atoms with Crippen molar-refractivity contribution in [1.29, 1.82) is 0 Å². The van der Waals surface area contributed by atoms with Gasteiger partial charge in [-0.05, 0) is 41.5 Å². The molecule has 1 atom stereocenters. The molecule has 0 spiro atoms. The van der Waals surface area contributed by atoms with Gasteiger partial charge in [0.05, 0.1) is 11.0 Å². The SMILES string of the molecule is O=P1(c2ccccc2)c2ccccc2-c2cc3c(cc21)c1ccccc1n3-c1ccccc1. The number of nitrogens with zero attached hydrogens (tertiary/aromatic N) is 1. The quantitative estimate of drug-likeness (QED) is 0.285. The first kappa shape index (κ1) is 18.7. The topological polar surface area (TPSA) is 22.0 Å². The van der Waals surface area contributed by atoms with E-state index in [1.54, 1.807) is 0 Å². The minimum Gasteiger partial charge on any atom is -0.309 e. The largest absolute Gasteiger partial charge is 0.309 e. The number of hydrogen-bond acceptors (Lipinski definition) is 1. The van der Waals surface area contributed by atoms with E-state index < -0.39 is 7.14 Å². The van der Waals surface area contributed by atoms with Gasteiger partial charge in [-0.15, -0.1) is 0 Å². The highest BCUT2D eigenvalue weighted by Crippen LogP contribution is 2.53.